The van der Waals surface area contributed by atoms with Crippen molar-refractivity contribution in [1.82, 2.24) is 9.62 Å². The number of hydrogen-bond acceptors (Lipinski definition) is 3. The third kappa shape index (κ3) is 5.13. The minimum Gasteiger partial charge on any atom is -0.337 e. The fourth-order valence-electron chi connectivity index (χ4n) is 4.53. The predicted molar refractivity (Wildman–Crippen MR) is 115 cm³/mol. The number of nitrogens with one attached hydrogen (secondary N) is 1. The quantitative estimate of drug-likeness (QED) is 0.736. The lowest BCUT2D eigenvalue weighted by atomic mass is 9.84. The normalized spacial score (nSPS) is 21.8. The van der Waals surface area contributed by atoms with Gasteiger partial charge in [0.15, 0.2) is 0 Å². The van der Waals surface area contributed by atoms with Gasteiger partial charge in [-0.2, -0.15) is 0 Å². The number of halogens is 2. The highest BCUT2D eigenvalue weighted by atomic mass is 32.2. The Balaban J connectivity index is 1.63. The molecule has 2 atom stereocenters. The van der Waals surface area contributed by atoms with E-state index in [1.807, 2.05) is 0 Å². The fourth-order valence-corrected chi connectivity index (χ4v) is 5.35. The summed E-state index contributed by atoms with van der Waals surface area (Å²) in [6, 6.07) is 9.63. The minimum atomic E-state index is -3.46. The zero-order valence-electron chi connectivity index (χ0n) is 17.4. The second-order valence-corrected chi connectivity index (χ2v) is 10.4. The SMILES string of the molecule is CS(=O)(=O)N[C@@H]1CCN(C(=O)C2CCC2)[C@@H]1Cc1cc(F)cc(-c2cccc(F)c2)c1. The maximum Gasteiger partial charge on any atom is 0.225 e. The molecule has 0 bridgehead atoms. The average Bonchev–Trinajstić information content (AvgIpc) is 3.00. The Hall–Kier alpha value is -2.32. The van der Waals surface area contributed by atoms with Gasteiger partial charge in [-0.05, 0) is 66.6 Å². The summed E-state index contributed by atoms with van der Waals surface area (Å²) in [5, 5.41) is 0. The molecule has 1 heterocycles. The van der Waals surface area contributed by atoms with E-state index < -0.39 is 33.7 Å². The van der Waals surface area contributed by atoms with Gasteiger partial charge in [-0.3, -0.25) is 4.79 Å². The van der Waals surface area contributed by atoms with Crippen molar-refractivity contribution in [3.05, 3.63) is 59.7 Å². The first kappa shape index (κ1) is 21.9. The largest absolute Gasteiger partial charge is 0.337 e. The zero-order valence-corrected chi connectivity index (χ0v) is 18.2. The Morgan fingerprint density at radius 1 is 1.06 bits per heavy atom. The second kappa shape index (κ2) is 8.67. The van der Waals surface area contributed by atoms with Crippen LogP contribution in [0.1, 0.15) is 31.2 Å². The highest BCUT2D eigenvalue weighted by molar-refractivity contribution is 7.88. The molecule has 1 N–H and O–H groups in total. The maximum absolute atomic E-state index is 14.4. The molecule has 0 radical (unpaired) electrons. The highest BCUT2D eigenvalue weighted by Gasteiger charge is 2.41. The van der Waals surface area contributed by atoms with Crippen molar-refractivity contribution < 1.29 is 22.0 Å². The molecule has 5 nitrogen and oxygen atoms in total. The molecule has 0 aromatic heterocycles. The van der Waals surface area contributed by atoms with E-state index in [-0.39, 0.29) is 11.8 Å². The second-order valence-electron chi connectivity index (χ2n) is 8.57. The van der Waals surface area contributed by atoms with Gasteiger partial charge in [0.25, 0.3) is 0 Å². The van der Waals surface area contributed by atoms with E-state index in [1.165, 1.54) is 24.3 Å². The maximum atomic E-state index is 14.4. The van der Waals surface area contributed by atoms with E-state index in [9.17, 15) is 22.0 Å². The number of rotatable bonds is 6. The standard InChI is InChI=1S/C23H26F2N2O3S/c1-31(29,30)26-21-8-9-27(23(28)16-4-2-5-16)22(21)12-15-10-18(14-20(25)11-15)17-6-3-7-19(24)13-17/h3,6-7,10-11,13-14,16,21-22,26H,2,4-5,8-9,12H2,1H3/t21-,22-/m1/s1. The third-order valence-corrected chi connectivity index (χ3v) is 6.94. The van der Waals surface area contributed by atoms with Gasteiger partial charge in [-0.15, -0.1) is 0 Å². The van der Waals surface area contributed by atoms with Gasteiger partial charge in [0, 0.05) is 18.5 Å². The topological polar surface area (TPSA) is 66.5 Å². The van der Waals surface area contributed by atoms with Crippen molar-refractivity contribution in [3.63, 3.8) is 0 Å². The number of amides is 1. The van der Waals surface area contributed by atoms with E-state index >= 15 is 0 Å². The molecule has 0 unspecified atom stereocenters. The highest BCUT2D eigenvalue weighted by Crippen LogP contribution is 2.33. The molecule has 0 spiro atoms. The summed E-state index contributed by atoms with van der Waals surface area (Å²) in [5.41, 5.74) is 1.73. The molecule has 1 aliphatic heterocycles. The van der Waals surface area contributed by atoms with Crippen molar-refractivity contribution in [2.24, 2.45) is 5.92 Å². The van der Waals surface area contributed by atoms with Crippen LogP contribution in [0.2, 0.25) is 0 Å². The van der Waals surface area contributed by atoms with Crippen LogP contribution in [0.3, 0.4) is 0 Å². The van der Waals surface area contributed by atoms with Crippen molar-refractivity contribution in [2.45, 2.75) is 44.2 Å². The third-order valence-electron chi connectivity index (χ3n) is 6.21. The van der Waals surface area contributed by atoms with Crippen LogP contribution < -0.4 is 4.72 Å². The Morgan fingerprint density at radius 2 is 1.81 bits per heavy atom. The molecule has 2 aromatic carbocycles. The Kier molecular flexibility index (Phi) is 6.12. The molecular formula is C23H26F2N2O3S. The molecule has 1 aliphatic carbocycles. The van der Waals surface area contributed by atoms with Crippen LogP contribution in [0.5, 0.6) is 0 Å². The first-order valence-corrected chi connectivity index (χ1v) is 12.4. The molecular weight excluding hydrogens is 422 g/mol. The first-order chi connectivity index (χ1) is 14.7. The molecule has 1 saturated carbocycles. The Morgan fingerprint density at radius 3 is 2.45 bits per heavy atom. The summed E-state index contributed by atoms with van der Waals surface area (Å²) in [6.45, 7) is 0.471. The molecule has 2 aromatic rings. The number of carbonyl (C=O) groups is 1. The summed E-state index contributed by atoms with van der Waals surface area (Å²) in [5.74, 6) is -0.821. The molecule has 31 heavy (non-hydrogen) atoms. The van der Waals surface area contributed by atoms with Crippen molar-refractivity contribution in [2.75, 3.05) is 12.8 Å². The van der Waals surface area contributed by atoms with Gasteiger partial charge >= 0.3 is 0 Å². The molecule has 2 fully saturated rings. The van der Waals surface area contributed by atoms with E-state index in [0.717, 1.165) is 25.5 Å². The number of sulfonamides is 1. The molecule has 1 saturated heterocycles. The van der Waals surface area contributed by atoms with Crippen molar-refractivity contribution in [3.8, 4) is 11.1 Å². The number of nitrogens with zero attached hydrogens (tertiary/aromatic N) is 1. The van der Waals surface area contributed by atoms with Crippen molar-refractivity contribution >= 4 is 15.9 Å². The monoisotopic (exact) mass is 448 g/mol. The van der Waals surface area contributed by atoms with E-state index in [2.05, 4.69) is 4.72 Å². The fraction of sp³-hybridized carbons (Fsp3) is 0.435. The van der Waals surface area contributed by atoms with E-state index in [4.69, 9.17) is 0 Å². The van der Waals surface area contributed by atoms with Gasteiger partial charge in [-0.1, -0.05) is 24.6 Å². The molecule has 166 valence electrons. The number of benzene rings is 2. The lowest BCUT2D eigenvalue weighted by Gasteiger charge is -2.34. The van der Waals surface area contributed by atoms with Crippen LogP contribution in [0.25, 0.3) is 11.1 Å². The summed E-state index contributed by atoms with van der Waals surface area (Å²) in [7, 11) is -3.46. The van der Waals surface area contributed by atoms with Crippen molar-refractivity contribution in [1.29, 1.82) is 0 Å². The predicted octanol–water partition coefficient (Wildman–Crippen LogP) is 3.49. The Labute approximate surface area is 181 Å². The van der Waals surface area contributed by atoms with Gasteiger partial charge < -0.3 is 4.90 Å². The van der Waals surface area contributed by atoms with E-state index in [0.29, 0.717) is 36.1 Å². The van der Waals surface area contributed by atoms with Crippen LogP contribution in [0.15, 0.2) is 42.5 Å². The summed E-state index contributed by atoms with van der Waals surface area (Å²) < 4.78 is 54.5. The first-order valence-electron chi connectivity index (χ1n) is 10.5. The molecule has 1 amide bonds. The van der Waals surface area contributed by atoms with E-state index in [1.54, 1.807) is 23.1 Å². The number of carbonyl (C=O) groups excluding carboxylic acids is 1. The summed E-state index contributed by atoms with van der Waals surface area (Å²) in [4.78, 5) is 14.7. The van der Waals surface area contributed by atoms with Gasteiger partial charge in [0.2, 0.25) is 15.9 Å². The van der Waals surface area contributed by atoms with Crippen LogP contribution in [-0.4, -0.2) is 44.1 Å². The van der Waals surface area contributed by atoms with Crippen LogP contribution in [-0.2, 0) is 21.2 Å². The molecule has 8 heteroatoms. The minimum absolute atomic E-state index is 0.00477. The van der Waals surface area contributed by atoms with Gasteiger partial charge in [0.05, 0.1) is 12.3 Å². The van der Waals surface area contributed by atoms with Gasteiger partial charge in [0.1, 0.15) is 11.6 Å². The Bertz CT molecular complexity index is 1090. The number of likely N-dealkylation sites (tertiary alicyclic amines) is 1. The molecule has 4 rings (SSSR count). The lowest BCUT2D eigenvalue weighted by Crippen LogP contribution is -2.49. The summed E-state index contributed by atoms with van der Waals surface area (Å²) in [6.07, 6.45) is 4.67. The molecule has 2 aliphatic rings. The smallest absolute Gasteiger partial charge is 0.225 e. The lowest BCUT2D eigenvalue weighted by molar-refractivity contribution is -0.139. The van der Waals surface area contributed by atoms with Crippen LogP contribution in [0.4, 0.5) is 8.78 Å². The zero-order chi connectivity index (χ0) is 22.2. The average molecular weight is 449 g/mol. The van der Waals surface area contributed by atoms with Crippen LogP contribution >= 0.6 is 0 Å². The number of hydrogen-bond donors (Lipinski definition) is 1. The van der Waals surface area contributed by atoms with Crippen LogP contribution in [0, 0.1) is 17.6 Å². The summed E-state index contributed by atoms with van der Waals surface area (Å²) >= 11 is 0. The van der Waals surface area contributed by atoms with Gasteiger partial charge in [-0.25, -0.2) is 21.9 Å².